The first kappa shape index (κ1) is 15.3. The molecule has 0 aromatic carbocycles. The average molecular weight is 296 g/mol. The second kappa shape index (κ2) is 5.71. The minimum atomic E-state index is -0.794. The molecule has 2 heterocycles. The number of aromatic nitrogens is 2. The number of carbonyl (C=O) groups is 1. The highest BCUT2D eigenvalue weighted by molar-refractivity contribution is 5.71. The summed E-state index contributed by atoms with van der Waals surface area (Å²) < 4.78 is 1.54. The lowest BCUT2D eigenvalue weighted by Crippen LogP contribution is -2.37. The van der Waals surface area contributed by atoms with Gasteiger partial charge in [0.2, 0.25) is 5.82 Å². The molecule has 1 N–H and O–H groups in total. The Bertz CT molecular complexity index is 559. The number of hydrogen-bond donors (Lipinski definition) is 1. The molecular weight excluding hydrogens is 276 g/mol. The van der Waals surface area contributed by atoms with Crippen molar-refractivity contribution in [3.63, 3.8) is 0 Å². The van der Waals surface area contributed by atoms with Crippen LogP contribution in [0.25, 0.3) is 0 Å². The van der Waals surface area contributed by atoms with Crippen molar-refractivity contribution in [1.82, 2.24) is 9.78 Å². The first-order chi connectivity index (χ1) is 9.82. The van der Waals surface area contributed by atoms with Gasteiger partial charge in [0.25, 0.3) is 0 Å². The van der Waals surface area contributed by atoms with E-state index in [4.69, 9.17) is 5.11 Å². The highest BCUT2D eigenvalue weighted by Crippen LogP contribution is 2.36. The number of aryl methyl sites for hydroxylation is 1. The molecule has 1 aromatic heterocycles. The number of nitro groups is 1. The van der Waals surface area contributed by atoms with Crippen LogP contribution in [0.4, 0.5) is 11.5 Å². The molecule has 1 aliphatic heterocycles. The van der Waals surface area contributed by atoms with Gasteiger partial charge in [0.1, 0.15) is 5.69 Å². The molecule has 1 aromatic rings. The van der Waals surface area contributed by atoms with Crippen LogP contribution in [0.2, 0.25) is 0 Å². The third-order valence-electron chi connectivity index (χ3n) is 3.89. The molecule has 1 fully saturated rings. The van der Waals surface area contributed by atoms with Crippen molar-refractivity contribution in [2.24, 2.45) is 13.0 Å². The van der Waals surface area contributed by atoms with Crippen LogP contribution in [0.1, 0.15) is 38.3 Å². The molecule has 0 amide bonds. The Hall–Kier alpha value is -2.12. The number of carboxylic acid groups (broad SMARTS) is 1. The lowest BCUT2D eigenvalue weighted by molar-refractivity contribution is -0.385. The minimum absolute atomic E-state index is 0.0399. The third kappa shape index (κ3) is 2.84. The monoisotopic (exact) mass is 296 g/mol. The van der Waals surface area contributed by atoms with Crippen molar-refractivity contribution in [1.29, 1.82) is 0 Å². The topological polar surface area (TPSA) is 102 Å². The van der Waals surface area contributed by atoms with Gasteiger partial charge in [-0.15, -0.1) is 0 Å². The van der Waals surface area contributed by atoms with Gasteiger partial charge in [0.05, 0.1) is 10.8 Å². The highest BCUT2D eigenvalue weighted by Gasteiger charge is 2.34. The summed E-state index contributed by atoms with van der Waals surface area (Å²) in [5.74, 6) is -0.718. The second-order valence-electron chi connectivity index (χ2n) is 5.69. The largest absolute Gasteiger partial charge is 0.481 e. The maximum Gasteiger partial charge on any atom is 0.334 e. The fourth-order valence-electron chi connectivity index (χ4n) is 2.78. The highest BCUT2D eigenvalue weighted by atomic mass is 16.6. The second-order valence-corrected chi connectivity index (χ2v) is 5.69. The van der Waals surface area contributed by atoms with E-state index in [1.54, 1.807) is 7.05 Å². The van der Waals surface area contributed by atoms with Gasteiger partial charge in [-0.3, -0.25) is 14.9 Å². The maximum absolute atomic E-state index is 11.4. The Labute approximate surface area is 122 Å². The van der Waals surface area contributed by atoms with E-state index in [0.29, 0.717) is 37.4 Å². The van der Waals surface area contributed by atoms with Gasteiger partial charge in [-0.05, 0) is 12.8 Å². The first-order valence-electron chi connectivity index (χ1n) is 7.02. The van der Waals surface area contributed by atoms with E-state index in [1.807, 2.05) is 18.7 Å². The normalized spacial score (nSPS) is 16.5. The van der Waals surface area contributed by atoms with Crippen LogP contribution < -0.4 is 4.90 Å². The van der Waals surface area contributed by atoms with Crippen molar-refractivity contribution < 1.29 is 14.8 Å². The number of anilines is 1. The zero-order chi connectivity index (χ0) is 15.7. The van der Waals surface area contributed by atoms with Gasteiger partial charge in [-0.25, -0.2) is 4.68 Å². The lowest BCUT2D eigenvalue weighted by atomic mass is 9.97. The van der Waals surface area contributed by atoms with E-state index in [0.717, 1.165) is 0 Å². The third-order valence-corrected chi connectivity index (χ3v) is 3.89. The molecule has 21 heavy (non-hydrogen) atoms. The maximum atomic E-state index is 11.4. The summed E-state index contributed by atoms with van der Waals surface area (Å²) in [6, 6.07) is 0. The summed E-state index contributed by atoms with van der Waals surface area (Å²) in [5.41, 5.74) is 0.513. The van der Waals surface area contributed by atoms with E-state index in [-0.39, 0.29) is 22.4 Å². The molecule has 0 spiro atoms. The Morgan fingerprint density at radius 3 is 2.43 bits per heavy atom. The molecule has 8 nitrogen and oxygen atoms in total. The number of nitrogens with zero attached hydrogens (tertiary/aromatic N) is 4. The standard InChI is InChI=1S/C13H20N4O4/c1-8(2)10-11(17(20)21)12(15(3)14-10)16-6-4-9(5-7-16)13(18)19/h8-9H,4-7H2,1-3H3,(H,18,19). The van der Waals surface area contributed by atoms with E-state index in [9.17, 15) is 14.9 Å². The SMILES string of the molecule is CC(C)c1nn(C)c(N2CCC(C(=O)O)CC2)c1[N+](=O)[O-]. The van der Waals surface area contributed by atoms with E-state index < -0.39 is 5.97 Å². The summed E-state index contributed by atoms with van der Waals surface area (Å²) in [6.45, 7) is 4.73. The predicted octanol–water partition coefficient (Wildman–Crippen LogP) is 1.75. The zero-order valence-corrected chi connectivity index (χ0v) is 12.4. The van der Waals surface area contributed by atoms with Crippen molar-refractivity contribution in [3.8, 4) is 0 Å². The van der Waals surface area contributed by atoms with Crippen molar-refractivity contribution >= 4 is 17.5 Å². The minimum Gasteiger partial charge on any atom is -0.481 e. The molecule has 0 atom stereocenters. The Morgan fingerprint density at radius 2 is 2.00 bits per heavy atom. The molecule has 0 radical (unpaired) electrons. The van der Waals surface area contributed by atoms with Crippen molar-refractivity contribution in [3.05, 3.63) is 15.8 Å². The van der Waals surface area contributed by atoms with Gasteiger partial charge in [-0.1, -0.05) is 13.8 Å². The van der Waals surface area contributed by atoms with Crippen LogP contribution in [0, 0.1) is 16.0 Å². The summed E-state index contributed by atoms with van der Waals surface area (Å²) in [7, 11) is 1.69. The average Bonchev–Trinajstić information content (AvgIpc) is 2.76. The molecule has 116 valence electrons. The lowest BCUT2D eigenvalue weighted by Gasteiger charge is -2.30. The Morgan fingerprint density at radius 1 is 1.43 bits per heavy atom. The summed E-state index contributed by atoms with van der Waals surface area (Å²) >= 11 is 0. The number of aliphatic carboxylic acids is 1. The van der Waals surface area contributed by atoms with Crippen LogP contribution in [-0.2, 0) is 11.8 Å². The molecular formula is C13H20N4O4. The van der Waals surface area contributed by atoms with E-state index in [2.05, 4.69) is 5.10 Å². The van der Waals surface area contributed by atoms with Crippen LogP contribution in [-0.4, -0.2) is 38.9 Å². The Balaban J connectivity index is 2.32. The molecule has 8 heteroatoms. The molecule has 1 saturated heterocycles. The van der Waals surface area contributed by atoms with Gasteiger partial charge in [-0.2, -0.15) is 5.10 Å². The molecule has 0 unspecified atom stereocenters. The van der Waals surface area contributed by atoms with Crippen molar-refractivity contribution in [2.75, 3.05) is 18.0 Å². The summed E-state index contributed by atoms with van der Waals surface area (Å²) in [6.07, 6.45) is 0.989. The smallest absolute Gasteiger partial charge is 0.334 e. The van der Waals surface area contributed by atoms with E-state index >= 15 is 0 Å². The number of rotatable bonds is 4. The van der Waals surface area contributed by atoms with Crippen LogP contribution in [0.15, 0.2) is 0 Å². The zero-order valence-electron chi connectivity index (χ0n) is 12.4. The Kier molecular flexibility index (Phi) is 4.15. The molecule has 0 saturated carbocycles. The summed E-state index contributed by atoms with van der Waals surface area (Å²) in [5, 5.41) is 24.7. The molecule has 1 aliphatic rings. The fraction of sp³-hybridized carbons (Fsp3) is 0.692. The van der Waals surface area contributed by atoms with Gasteiger partial charge in [0, 0.05) is 26.1 Å². The molecule has 0 aliphatic carbocycles. The van der Waals surface area contributed by atoms with Gasteiger partial charge < -0.3 is 10.0 Å². The number of piperidine rings is 1. The van der Waals surface area contributed by atoms with Crippen molar-refractivity contribution in [2.45, 2.75) is 32.6 Å². The fourth-order valence-corrected chi connectivity index (χ4v) is 2.78. The summed E-state index contributed by atoms with van der Waals surface area (Å²) in [4.78, 5) is 23.9. The quantitative estimate of drug-likeness (QED) is 0.671. The van der Waals surface area contributed by atoms with Crippen LogP contribution in [0.3, 0.4) is 0 Å². The van der Waals surface area contributed by atoms with E-state index in [1.165, 1.54) is 4.68 Å². The van der Waals surface area contributed by atoms with Crippen LogP contribution in [0.5, 0.6) is 0 Å². The number of hydrogen-bond acceptors (Lipinski definition) is 5. The van der Waals surface area contributed by atoms with Gasteiger partial charge >= 0.3 is 11.7 Å². The van der Waals surface area contributed by atoms with Crippen LogP contribution >= 0.6 is 0 Å². The van der Waals surface area contributed by atoms with Gasteiger partial charge in [0.15, 0.2) is 0 Å². The number of carboxylic acids is 1. The molecule has 0 bridgehead atoms. The first-order valence-corrected chi connectivity index (χ1v) is 7.02. The predicted molar refractivity (Wildman–Crippen MR) is 76.5 cm³/mol. The molecule has 2 rings (SSSR count).